The average molecular weight is 427 g/mol. The molecule has 0 bridgehead atoms. The Kier molecular flexibility index (Phi) is 5.50. The highest BCUT2D eigenvalue weighted by Gasteiger charge is 2.21. The molecule has 1 fully saturated rings. The van der Waals surface area contributed by atoms with Crippen molar-refractivity contribution >= 4 is 40.4 Å². The number of nitrogens with zero attached hydrogens (tertiary/aromatic N) is 5. The third-order valence-corrected chi connectivity index (χ3v) is 5.42. The Labute approximate surface area is 178 Å². The van der Waals surface area contributed by atoms with Gasteiger partial charge in [-0.1, -0.05) is 11.6 Å². The van der Waals surface area contributed by atoms with Gasteiger partial charge >= 0.3 is 0 Å². The van der Waals surface area contributed by atoms with Gasteiger partial charge in [-0.2, -0.15) is 0 Å². The van der Waals surface area contributed by atoms with Crippen LogP contribution in [0.4, 0.5) is 16.0 Å². The zero-order valence-corrected chi connectivity index (χ0v) is 17.1. The summed E-state index contributed by atoms with van der Waals surface area (Å²) in [4.78, 5) is 27.7. The number of allylic oxidation sites excluding steroid dienone is 1. The number of carbonyl (C=O) groups is 1. The maximum Gasteiger partial charge on any atom is 0.152 e. The van der Waals surface area contributed by atoms with Crippen molar-refractivity contribution in [1.29, 1.82) is 0 Å². The molecule has 0 unspecified atom stereocenters. The number of piperazine rings is 1. The highest BCUT2D eigenvalue weighted by atomic mass is 35.5. The van der Waals surface area contributed by atoms with Crippen LogP contribution in [0.25, 0.3) is 22.2 Å². The number of rotatable bonds is 4. The van der Waals surface area contributed by atoms with Crippen molar-refractivity contribution < 1.29 is 9.18 Å². The van der Waals surface area contributed by atoms with Gasteiger partial charge in [0.05, 0.1) is 10.5 Å². The molecule has 1 aliphatic heterocycles. The van der Waals surface area contributed by atoms with Gasteiger partial charge in [0.15, 0.2) is 5.82 Å². The number of aromatic nitrogens is 3. The average Bonchev–Trinajstić information content (AvgIpc) is 2.74. The van der Waals surface area contributed by atoms with Crippen molar-refractivity contribution in [2.24, 2.45) is 0 Å². The molecule has 1 saturated heterocycles. The van der Waals surface area contributed by atoms with Crippen molar-refractivity contribution in [3.8, 4) is 11.3 Å². The molecule has 0 atom stereocenters. The van der Waals surface area contributed by atoms with E-state index in [4.69, 9.17) is 17.3 Å². The van der Waals surface area contributed by atoms with Crippen molar-refractivity contribution in [3.05, 3.63) is 53.2 Å². The molecule has 1 aromatic carbocycles. The Morgan fingerprint density at radius 3 is 2.67 bits per heavy atom. The number of anilines is 2. The molecule has 0 aliphatic carbocycles. The third-order valence-electron chi connectivity index (χ3n) is 5.11. The molecule has 0 amide bonds. The maximum atomic E-state index is 14.7. The van der Waals surface area contributed by atoms with Gasteiger partial charge in [0, 0.05) is 43.3 Å². The quantitative estimate of drug-likeness (QED) is 0.506. The fourth-order valence-electron chi connectivity index (χ4n) is 3.60. The second-order valence-electron chi connectivity index (χ2n) is 7.07. The number of pyridine rings is 1. The number of hydrogen-bond donors (Lipinski definition) is 1. The number of carbonyl (C=O) groups excluding carboxylic acids is 1. The summed E-state index contributed by atoms with van der Waals surface area (Å²) in [6, 6.07) is 4.95. The molecule has 154 valence electrons. The van der Waals surface area contributed by atoms with Gasteiger partial charge in [0.1, 0.15) is 29.9 Å². The minimum atomic E-state index is -0.459. The minimum absolute atomic E-state index is 0.107. The van der Waals surface area contributed by atoms with Crippen LogP contribution in [0.3, 0.4) is 0 Å². The topological polar surface area (TPSA) is 88.2 Å². The summed E-state index contributed by atoms with van der Waals surface area (Å²) in [5.74, 6) is 0.536. The molecule has 4 rings (SSSR count). The highest BCUT2D eigenvalue weighted by Crippen LogP contribution is 2.36. The Morgan fingerprint density at radius 2 is 1.93 bits per heavy atom. The van der Waals surface area contributed by atoms with E-state index in [1.807, 2.05) is 0 Å². The third kappa shape index (κ3) is 3.78. The molecular formula is C21H20ClFN6O. The Balaban J connectivity index is 1.72. The first-order valence-corrected chi connectivity index (χ1v) is 9.84. The first-order valence-electron chi connectivity index (χ1n) is 9.46. The van der Waals surface area contributed by atoms with Gasteiger partial charge < -0.3 is 15.5 Å². The van der Waals surface area contributed by atoms with E-state index in [9.17, 15) is 9.18 Å². The largest absolute Gasteiger partial charge is 0.384 e. The molecule has 7 nitrogen and oxygen atoms in total. The first kappa shape index (κ1) is 20.0. The molecule has 0 saturated carbocycles. The van der Waals surface area contributed by atoms with Crippen LogP contribution in [0, 0.1) is 12.7 Å². The monoisotopic (exact) mass is 426 g/mol. The summed E-state index contributed by atoms with van der Waals surface area (Å²) >= 11 is 6.53. The van der Waals surface area contributed by atoms with Gasteiger partial charge in [-0.3, -0.25) is 4.79 Å². The summed E-state index contributed by atoms with van der Waals surface area (Å²) in [6.07, 6.45) is 5.54. The van der Waals surface area contributed by atoms with Crippen LogP contribution < -0.4 is 10.6 Å². The molecule has 0 spiro atoms. The smallest absolute Gasteiger partial charge is 0.152 e. The number of benzene rings is 1. The standard InChI is InChI=1S/C21H20ClFN6O/c1-13-9-18(24)27-20(19(13)23)14-11-17-15(10-16(14)22)21(26-12-25-17)29-6-4-28(5-7-29)3-2-8-30/h2-3,8-12H,4-7H2,1H3,(H2,24,27). The lowest BCUT2D eigenvalue weighted by atomic mass is 10.1. The second-order valence-corrected chi connectivity index (χ2v) is 7.48. The fourth-order valence-corrected chi connectivity index (χ4v) is 3.85. The Bertz CT molecular complexity index is 1140. The van der Waals surface area contributed by atoms with Crippen LogP contribution in [-0.2, 0) is 4.79 Å². The van der Waals surface area contributed by atoms with E-state index in [-0.39, 0.29) is 11.5 Å². The first-order chi connectivity index (χ1) is 14.5. The minimum Gasteiger partial charge on any atom is -0.384 e. The molecule has 2 N–H and O–H groups in total. The second kappa shape index (κ2) is 8.23. The van der Waals surface area contributed by atoms with Crippen molar-refractivity contribution in [2.75, 3.05) is 36.8 Å². The predicted molar refractivity (Wildman–Crippen MR) is 116 cm³/mol. The van der Waals surface area contributed by atoms with Gasteiger partial charge in [0.2, 0.25) is 0 Å². The predicted octanol–water partition coefficient (Wildman–Crippen LogP) is 3.21. The number of nitrogens with two attached hydrogens (primary N) is 1. The molecule has 3 heterocycles. The van der Waals surface area contributed by atoms with Crippen molar-refractivity contribution in [1.82, 2.24) is 19.9 Å². The Morgan fingerprint density at radius 1 is 1.17 bits per heavy atom. The summed E-state index contributed by atoms with van der Waals surface area (Å²) in [5.41, 5.74) is 7.40. The van der Waals surface area contributed by atoms with E-state index in [2.05, 4.69) is 24.8 Å². The van der Waals surface area contributed by atoms with E-state index in [0.717, 1.165) is 43.7 Å². The van der Waals surface area contributed by atoms with Crippen LogP contribution in [0.15, 0.2) is 36.8 Å². The zero-order valence-electron chi connectivity index (χ0n) is 16.3. The maximum absolute atomic E-state index is 14.7. The number of hydrogen-bond acceptors (Lipinski definition) is 7. The molecular weight excluding hydrogens is 407 g/mol. The van der Waals surface area contributed by atoms with Crippen molar-refractivity contribution in [3.63, 3.8) is 0 Å². The lowest BCUT2D eigenvalue weighted by molar-refractivity contribution is -0.104. The van der Waals surface area contributed by atoms with E-state index < -0.39 is 5.82 Å². The zero-order chi connectivity index (χ0) is 21.3. The van der Waals surface area contributed by atoms with Gasteiger partial charge in [-0.25, -0.2) is 19.3 Å². The summed E-state index contributed by atoms with van der Waals surface area (Å²) in [6.45, 7) is 4.63. The van der Waals surface area contributed by atoms with Crippen LogP contribution >= 0.6 is 11.6 Å². The van der Waals surface area contributed by atoms with E-state index in [1.165, 1.54) is 18.5 Å². The number of halogens is 2. The summed E-state index contributed by atoms with van der Waals surface area (Å²) in [5, 5.41) is 1.13. The molecule has 9 heteroatoms. The van der Waals surface area contributed by atoms with Gasteiger partial charge in [0.25, 0.3) is 0 Å². The van der Waals surface area contributed by atoms with E-state index in [1.54, 1.807) is 25.3 Å². The van der Waals surface area contributed by atoms with Crippen LogP contribution in [0.1, 0.15) is 5.56 Å². The lowest BCUT2D eigenvalue weighted by Gasteiger charge is -2.35. The Hall–Kier alpha value is -3.26. The number of aryl methyl sites for hydroxylation is 1. The van der Waals surface area contributed by atoms with Crippen molar-refractivity contribution in [2.45, 2.75) is 6.92 Å². The van der Waals surface area contributed by atoms with Gasteiger partial charge in [-0.05, 0) is 36.8 Å². The highest BCUT2D eigenvalue weighted by molar-refractivity contribution is 6.34. The molecule has 1 aliphatic rings. The lowest BCUT2D eigenvalue weighted by Crippen LogP contribution is -2.44. The van der Waals surface area contributed by atoms with Crippen LogP contribution in [0.2, 0.25) is 5.02 Å². The van der Waals surface area contributed by atoms with Crippen LogP contribution in [0.5, 0.6) is 0 Å². The fraction of sp³-hybridized carbons (Fsp3) is 0.238. The van der Waals surface area contributed by atoms with Gasteiger partial charge in [-0.15, -0.1) is 0 Å². The molecule has 3 aromatic rings. The van der Waals surface area contributed by atoms with E-state index >= 15 is 0 Å². The molecule has 30 heavy (non-hydrogen) atoms. The SMILES string of the molecule is Cc1cc(N)nc(-c2cc3ncnc(N4CCN(C=CC=O)CC4)c3cc2Cl)c1F. The normalized spacial score (nSPS) is 14.6. The molecule has 2 aromatic heterocycles. The number of aldehydes is 1. The summed E-state index contributed by atoms with van der Waals surface area (Å²) in [7, 11) is 0. The molecule has 0 radical (unpaired) electrons. The summed E-state index contributed by atoms with van der Waals surface area (Å²) < 4.78 is 14.7. The number of fused-ring (bicyclic) bond motifs is 1. The van der Waals surface area contributed by atoms with E-state index in [0.29, 0.717) is 21.7 Å². The number of nitrogen functional groups attached to an aromatic ring is 1. The van der Waals surface area contributed by atoms with Crippen LogP contribution in [-0.4, -0.2) is 52.3 Å².